The number of hydrogen-bond acceptors (Lipinski definition) is 2. The molecule has 2 aliphatic heterocycles. The first-order chi connectivity index (χ1) is 11.6. The first-order valence-electron chi connectivity index (χ1n) is 7.85. The molecule has 2 unspecified atom stereocenters. The Bertz CT molecular complexity index is 796. The Balaban J connectivity index is 1.81. The van der Waals surface area contributed by atoms with E-state index < -0.39 is 0 Å². The Morgan fingerprint density at radius 2 is 1.79 bits per heavy atom. The molecule has 2 fully saturated rings. The number of fused-ring (bicyclic) bond motifs is 1. The highest BCUT2D eigenvalue weighted by atomic mass is 35.5. The zero-order valence-corrected chi connectivity index (χ0v) is 14.3. The average molecular weight is 365 g/mol. The standard InChI is InChI=1S/C18H15Cl2FN2O/c19-14-8-7-13(10-15(14)20)23-17(11-3-5-12(21)6-4-11)22-9-1-2-16(22)18(23)24/h3-8,10,16-17H,1-2,9H2. The molecule has 4 rings (SSSR count). The quantitative estimate of drug-likeness (QED) is 0.774. The normalized spacial score (nSPS) is 23.8. The molecule has 124 valence electrons. The Kier molecular flexibility index (Phi) is 3.99. The SMILES string of the molecule is O=C1C2CCCN2C(c2ccc(F)cc2)N1c1ccc(Cl)c(Cl)c1. The highest BCUT2D eigenvalue weighted by Crippen LogP contribution is 2.43. The number of carbonyl (C=O) groups is 1. The van der Waals surface area contributed by atoms with Gasteiger partial charge in [-0.05, 0) is 48.7 Å². The van der Waals surface area contributed by atoms with Gasteiger partial charge in [-0.1, -0.05) is 35.3 Å². The van der Waals surface area contributed by atoms with E-state index in [0.717, 1.165) is 24.9 Å². The number of hydrogen-bond donors (Lipinski definition) is 0. The molecule has 6 heteroatoms. The maximum Gasteiger partial charge on any atom is 0.246 e. The lowest BCUT2D eigenvalue weighted by Gasteiger charge is -2.30. The number of nitrogens with zero attached hydrogens (tertiary/aromatic N) is 2. The van der Waals surface area contributed by atoms with Crippen molar-refractivity contribution < 1.29 is 9.18 Å². The van der Waals surface area contributed by atoms with Crippen LogP contribution in [-0.2, 0) is 4.79 Å². The number of halogens is 3. The zero-order chi connectivity index (χ0) is 16.8. The molecule has 0 aromatic heterocycles. The average Bonchev–Trinajstić information content (AvgIpc) is 3.14. The summed E-state index contributed by atoms with van der Waals surface area (Å²) in [6.45, 7) is 0.844. The van der Waals surface area contributed by atoms with E-state index in [0.29, 0.717) is 15.7 Å². The third kappa shape index (κ3) is 2.50. The van der Waals surface area contributed by atoms with Gasteiger partial charge in [0.25, 0.3) is 0 Å². The van der Waals surface area contributed by atoms with Crippen LogP contribution in [-0.4, -0.2) is 23.4 Å². The van der Waals surface area contributed by atoms with Gasteiger partial charge in [0.05, 0.1) is 16.1 Å². The molecule has 0 saturated carbocycles. The fourth-order valence-corrected chi connectivity index (χ4v) is 3.95. The summed E-state index contributed by atoms with van der Waals surface area (Å²) in [5, 5.41) is 0.859. The third-order valence-corrected chi connectivity index (χ3v) is 5.46. The van der Waals surface area contributed by atoms with Gasteiger partial charge in [0, 0.05) is 12.2 Å². The smallest absolute Gasteiger partial charge is 0.246 e. The van der Waals surface area contributed by atoms with E-state index in [-0.39, 0.29) is 23.9 Å². The molecule has 0 bridgehead atoms. The molecule has 0 spiro atoms. The molecule has 0 radical (unpaired) electrons. The zero-order valence-electron chi connectivity index (χ0n) is 12.8. The van der Waals surface area contributed by atoms with Crippen LogP contribution in [0.15, 0.2) is 42.5 Å². The minimum atomic E-state index is -0.290. The van der Waals surface area contributed by atoms with Gasteiger partial charge in [-0.3, -0.25) is 14.6 Å². The first-order valence-corrected chi connectivity index (χ1v) is 8.61. The van der Waals surface area contributed by atoms with E-state index in [1.54, 1.807) is 35.2 Å². The largest absolute Gasteiger partial charge is 0.290 e. The van der Waals surface area contributed by atoms with Crippen LogP contribution >= 0.6 is 23.2 Å². The molecule has 2 aromatic carbocycles. The fraction of sp³-hybridized carbons (Fsp3) is 0.278. The van der Waals surface area contributed by atoms with Gasteiger partial charge in [0.1, 0.15) is 12.0 Å². The van der Waals surface area contributed by atoms with Crippen molar-refractivity contribution in [2.24, 2.45) is 0 Å². The molecular formula is C18H15Cl2FN2O. The lowest BCUT2D eigenvalue weighted by atomic mass is 10.1. The predicted octanol–water partition coefficient (Wildman–Crippen LogP) is 4.64. The summed E-state index contributed by atoms with van der Waals surface area (Å²) in [4.78, 5) is 16.9. The second-order valence-electron chi connectivity index (χ2n) is 6.13. The molecule has 2 saturated heterocycles. The van der Waals surface area contributed by atoms with E-state index in [4.69, 9.17) is 23.2 Å². The second kappa shape index (κ2) is 6.03. The Morgan fingerprint density at radius 1 is 1.04 bits per heavy atom. The number of benzene rings is 2. The van der Waals surface area contributed by atoms with Gasteiger partial charge in [-0.25, -0.2) is 4.39 Å². The highest BCUT2D eigenvalue weighted by molar-refractivity contribution is 6.42. The van der Waals surface area contributed by atoms with Gasteiger partial charge in [0.2, 0.25) is 5.91 Å². The summed E-state index contributed by atoms with van der Waals surface area (Å²) in [5.74, 6) is -0.234. The van der Waals surface area contributed by atoms with Crippen molar-refractivity contribution in [2.45, 2.75) is 25.0 Å². The van der Waals surface area contributed by atoms with Crippen LogP contribution in [0, 0.1) is 5.82 Å². The summed E-state index contributed by atoms with van der Waals surface area (Å²) < 4.78 is 13.3. The fourth-order valence-electron chi connectivity index (χ4n) is 3.66. The molecule has 0 aliphatic carbocycles. The van der Waals surface area contributed by atoms with Gasteiger partial charge >= 0.3 is 0 Å². The van der Waals surface area contributed by atoms with Crippen LogP contribution in [0.3, 0.4) is 0 Å². The van der Waals surface area contributed by atoms with Crippen LogP contribution in [0.1, 0.15) is 24.6 Å². The van der Waals surface area contributed by atoms with Crippen LogP contribution in [0.25, 0.3) is 0 Å². The number of rotatable bonds is 2. The molecule has 24 heavy (non-hydrogen) atoms. The van der Waals surface area contributed by atoms with Gasteiger partial charge in [-0.15, -0.1) is 0 Å². The van der Waals surface area contributed by atoms with E-state index in [1.165, 1.54) is 12.1 Å². The van der Waals surface area contributed by atoms with Crippen molar-refractivity contribution >= 4 is 34.8 Å². The molecule has 2 heterocycles. The summed E-state index contributed by atoms with van der Waals surface area (Å²) in [6.07, 6.45) is 1.58. The monoisotopic (exact) mass is 364 g/mol. The van der Waals surface area contributed by atoms with Gasteiger partial charge < -0.3 is 0 Å². The van der Waals surface area contributed by atoms with E-state index in [2.05, 4.69) is 4.90 Å². The predicted molar refractivity (Wildman–Crippen MR) is 92.8 cm³/mol. The van der Waals surface area contributed by atoms with Gasteiger partial charge in [0.15, 0.2) is 0 Å². The summed E-state index contributed by atoms with van der Waals surface area (Å²) >= 11 is 12.1. The van der Waals surface area contributed by atoms with Gasteiger partial charge in [-0.2, -0.15) is 0 Å². The summed E-state index contributed by atoms with van der Waals surface area (Å²) in [5.41, 5.74) is 1.60. The van der Waals surface area contributed by atoms with E-state index >= 15 is 0 Å². The first kappa shape index (κ1) is 15.9. The number of carbonyl (C=O) groups excluding carboxylic acids is 1. The molecule has 2 aromatic rings. The number of anilines is 1. The molecule has 2 atom stereocenters. The molecule has 1 amide bonds. The van der Waals surface area contributed by atoms with Crippen molar-refractivity contribution in [2.75, 3.05) is 11.4 Å². The highest BCUT2D eigenvalue weighted by Gasteiger charge is 2.49. The molecular weight excluding hydrogens is 350 g/mol. The molecule has 2 aliphatic rings. The van der Waals surface area contributed by atoms with Crippen LogP contribution in [0.4, 0.5) is 10.1 Å². The van der Waals surface area contributed by atoms with E-state index in [1.807, 2.05) is 0 Å². The van der Waals surface area contributed by atoms with Crippen molar-refractivity contribution in [1.29, 1.82) is 0 Å². The van der Waals surface area contributed by atoms with Crippen LogP contribution < -0.4 is 4.90 Å². The number of amides is 1. The lowest BCUT2D eigenvalue weighted by molar-refractivity contribution is -0.119. The summed E-state index contributed by atoms with van der Waals surface area (Å²) in [7, 11) is 0. The van der Waals surface area contributed by atoms with Crippen LogP contribution in [0.5, 0.6) is 0 Å². The topological polar surface area (TPSA) is 23.6 Å². The van der Waals surface area contributed by atoms with Crippen molar-refractivity contribution in [1.82, 2.24) is 4.90 Å². The van der Waals surface area contributed by atoms with Crippen LogP contribution in [0.2, 0.25) is 10.0 Å². The minimum Gasteiger partial charge on any atom is -0.290 e. The van der Waals surface area contributed by atoms with Crippen molar-refractivity contribution in [3.63, 3.8) is 0 Å². The Morgan fingerprint density at radius 3 is 2.50 bits per heavy atom. The minimum absolute atomic E-state index is 0.0558. The van der Waals surface area contributed by atoms with Crippen molar-refractivity contribution in [3.05, 3.63) is 63.9 Å². The lowest BCUT2D eigenvalue weighted by Crippen LogP contribution is -2.32. The maximum atomic E-state index is 13.3. The Hall–Kier alpha value is -1.62. The Labute approximate surface area is 149 Å². The second-order valence-corrected chi connectivity index (χ2v) is 6.94. The maximum absolute atomic E-state index is 13.3. The third-order valence-electron chi connectivity index (χ3n) is 4.72. The van der Waals surface area contributed by atoms with Crippen molar-refractivity contribution in [3.8, 4) is 0 Å². The summed E-state index contributed by atoms with van der Waals surface area (Å²) in [6, 6.07) is 11.4. The molecule has 3 nitrogen and oxygen atoms in total. The molecule has 0 N–H and O–H groups in total. The van der Waals surface area contributed by atoms with E-state index in [9.17, 15) is 9.18 Å².